The van der Waals surface area contributed by atoms with Gasteiger partial charge < -0.3 is 4.28 Å². The van der Waals surface area contributed by atoms with Crippen molar-refractivity contribution in [1.29, 1.82) is 4.78 Å². The van der Waals surface area contributed by atoms with Gasteiger partial charge in [0.15, 0.2) is 0 Å². The molecule has 0 saturated heterocycles. The van der Waals surface area contributed by atoms with Gasteiger partial charge in [-0.3, -0.25) is 9.11 Å². The Hall–Kier alpha value is 2.78. The maximum absolute atomic E-state index is 9.66. The van der Waals surface area contributed by atoms with Crippen LogP contribution >= 0.6 is 0 Å². The molecule has 0 bridgehead atoms. The van der Waals surface area contributed by atoms with Crippen LogP contribution in [0.4, 0.5) is 0 Å². The van der Waals surface area contributed by atoms with E-state index in [1.165, 1.54) is 0 Å². The van der Waals surface area contributed by atoms with E-state index in [2.05, 4.69) is 3.63 Å². The SMILES string of the molecule is N=S(=O)(O)OS(=O)(=O)O.[H-].[H-].[H-].[Na+].[Na+].[Na+]. The second-order valence-electron chi connectivity index (χ2n) is 0.971. The first-order valence-electron chi connectivity index (χ1n) is 1.40. The average Bonchev–Trinajstić information content (AvgIpc) is 1.14. The Balaban J connectivity index is -0.0000000213. The summed E-state index contributed by atoms with van der Waals surface area (Å²) in [7, 11) is -9.61. The van der Waals surface area contributed by atoms with E-state index in [1.807, 2.05) is 0 Å². The van der Waals surface area contributed by atoms with Crippen LogP contribution < -0.4 is 88.7 Å². The fraction of sp³-hybridized carbons (Fsp3) is 0. The van der Waals surface area contributed by atoms with E-state index in [4.69, 9.17) is 13.9 Å². The van der Waals surface area contributed by atoms with E-state index in [9.17, 15) is 12.6 Å². The van der Waals surface area contributed by atoms with E-state index in [0.717, 1.165) is 0 Å². The molecule has 1 atom stereocenters. The maximum Gasteiger partial charge on any atom is 1.00 e. The second-order valence-corrected chi connectivity index (χ2v) is 3.32. The summed E-state index contributed by atoms with van der Waals surface area (Å²) in [4.78, 5) is 0. The van der Waals surface area contributed by atoms with Crippen molar-refractivity contribution in [2.75, 3.05) is 0 Å². The molecule has 0 aromatic heterocycles. The quantitative estimate of drug-likeness (QED) is 0.329. The van der Waals surface area contributed by atoms with Crippen LogP contribution in [0.5, 0.6) is 0 Å². The summed E-state index contributed by atoms with van der Waals surface area (Å²) in [6, 6.07) is 0. The molecule has 0 spiro atoms. The van der Waals surface area contributed by atoms with Gasteiger partial charge in [0.1, 0.15) is 0 Å². The van der Waals surface area contributed by atoms with Crippen molar-refractivity contribution in [3.05, 3.63) is 0 Å². The Labute approximate surface area is 141 Å². The summed E-state index contributed by atoms with van der Waals surface area (Å²) in [5.74, 6) is 0. The predicted octanol–water partition coefficient (Wildman–Crippen LogP) is -9.41. The first-order valence-corrected chi connectivity index (χ1v) is 4.21. The molecule has 0 rings (SSSR count). The number of hydrogen-bond donors (Lipinski definition) is 3. The van der Waals surface area contributed by atoms with Crippen LogP contribution in [0.2, 0.25) is 0 Å². The van der Waals surface area contributed by atoms with Gasteiger partial charge in [-0.1, -0.05) is 0 Å². The molecule has 0 saturated carbocycles. The van der Waals surface area contributed by atoms with Crippen molar-refractivity contribution in [2.24, 2.45) is 0 Å². The van der Waals surface area contributed by atoms with E-state index in [-0.39, 0.29) is 93.0 Å². The molecule has 0 radical (unpaired) electrons. The van der Waals surface area contributed by atoms with Gasteiger partial charge in [0.2, 0.25) is 0 Å². The largest absolute Gasteiger partial charge is 1.00 e. The third-order valence-electron chi connectivity index (χ3n) is 0.178. The van der Waals surface area contributed by atoms with Crippen molar-refractivity contribution in [3.8, 4) is 0 Å². The molecule has 0 aliphatic heterocycles. The zero-order chi connectivity index (χ0) is 7.71. The molecule has 0 amide bonds. The normalized spacial score (nSPS) is 14.2. The summed E-state index contributed by atoms with van der Waals surface area (Å²) < 4.78 is 52.9. The fourth-order valence-electron chi connectivity index (χ4n) is 0.117. The molecule has 0 aliphatic carbocycles. The number of rotatable bonds is 2. The standard InChI is InChI=1S/H3NO6S2.3Na.3H/c1-8(2,3)7-9(4,5)6;;;;;;/h(H2,1,2,3)(H,4,5,6);;;;;;/q;3*+1;3*-1. The molecule has 0 heterocycles. The minimum absolute atomic E-state index is 0. The molecular formula is H6NNa3O6S2. The predicted molar refractivity (Wildman–Crippen MR) is 29.5 cm³/mol. The Kier molecular flexibility index (Phi) is 18.2. The zero-order valence-corrected chi connectivity index (χ0v) is 14.5. The van der Waals surface area contributed by atoms with Gasteiger partial charge in [-0.15, -0.1) is 3.63 Å². The molecule has 0 fully saturated rings. The average molecular weight is 249 g/mol. The van der Waals surface area contributed by atoms with Gasteiger partial charge in [0, 0.05) is 0 Å². The number of nitrogens with one attached hydrogen (secondary N) is 1. The third-order valence-corrected chi connectivity index (χ3v) is 1.60. The number of hydrogen-bond acceptors (Lipinski definition) is 5. The van der Waals surface area contributed by atoms with Gasteiger partial charge in [0.05, 0.1) is 0 Å². The summed E-state index contributed by atoms with van der Waals surface area (Å²) in [5, 5.41) is 0. The molecule has 62 valence electrons. The van der Waals surface area contributed by atoms with Crippen molar-refractivity contribution in [2.45, 2.75) is 0 Å². The first-order chi connectivity index (χ1) is 3.71. The molecule has 0 aromatic rings. The van der Waals surface area contributed by atoms with E-state index >= 15 is 0 Å². The van der Waals surface area contributed by atoms with Crippen molar-refractivity contribution < 1.29 is 118 Å². The Morgan fingerprint density at radius 3 is 1.33 bits per heavy atom. The fourth-order valence-corrected chi connectivity index (χ4v) is 1.05. The van der Waals surface area contributed by atoms with E-state index in [0.29, 0.717) is 0 Å². The summed E-state index contributed by atoms with van der Waals surface area (Å²) in [6.07, 6.45) is 0. The molecule has 12 heteroatoms. The monoisotopic (exact) mass is 249 g/mol. The first kappa shape index (κ1) is 24.2. The van der Waals surface area contributed by atoms with Crippen molar-refractivity contribution in [3.63, 3.8) is 0 Å². The van der Waals surface area contributed by atoms with Crippen molar-refractivity contribution >= 4 is 20.7 Å². The summed E-state index contributed by atoms with van der Waals surface area (Å²) >= 11 is 0. The molecule has 1 unspecified atom stereocenters. The van der Waals surface area contributed by atoms with Gasteiger partial charge in [0.25, 0.3) is 0 Å². The van der Waals surface area contributed by atoms with E-state index < -0.39 is 20.7 Å². The van der Waals surface area contributed by atoms with E-state index in [1.54, 1.807) is 0 Å². The van der Waals surface area contributed by atoms with Crippen LogP contribution in [0.3, 0.4) is 0 Å². The van der Waals surface area contributed by atoms with Gasteiger partial charge in [-0.2, -0.15) is 12.6 Å². The Morgan fingerprint density at radius 1 is 1.08 bits per heavy atom. The molecule has 0 aliphatic rings. The maximum atomic E-state index is 9.66. The second kappa shape index (κ2) is 9.04. The summed E-state index contributed by atoms with van der Waals surface area (Å²) in [5.41, 5.74) is 0. The molecular weight excluding hydrogens is 243 g/mol. The molecule has 7 nitrogen and oxygen atoms in total. The smallest absolute Gasteiger partial charge is 1.00 e. The van der Waals surface area contributed by atoms with Crippen LogP contribution in [0.1, 0.15) is 4.28 Å². The van der Waals surface area contributed by atoms with Crippen LogP contribution in [-0.2, 0) is 24.3 Å². The minimum Gasteiger partial charge on any atom is -1.00 e. The Morgan fingerprint density at radius 2 is 1.33 bits per heavy atom. The summed E-state index contributed by atoms with van der Waals surface area (Å²) in [6.45, 7) is 0. The van der Waals surface area contributed by atoms with Gasteiger partial charge in [-0.05, 0) is 0 Å². The van der Waals surface area contributed by atoms with Crippen LogP contribution in [0.15, 0.2) is 0 Å². The minimum atomic E-state index is -4.99. The van der Waals surface area contributed by atoms with Crippen molar-refractivity contribution in [1.82, 2.24) is 0 Å². The molecule has 0 aromatic carbocycles. The third kappa shape index (κ3) is 23.0. The Bertz CT molecular complexity index is 257. The van der Waals surface area contributed by atoms with Gasteiger partial charge >= 0.3 is 109 Å². The topological polar surface area (TPSA) is 125 Å². The van der Waals surface area contributed by atoms with Crippen LogP contribution in [0.25, 0.3) is 0 Å². The molecule has 3 N–H and O–H groups in total. The van der Waals surface area contributed by atoms with Gasteiger partial charge in [-0.25, -0.2) is 4.78 Å². The van der Waals surface area contributed by atoms with Crippen LogP contribution in [0, 0.1) is 4.78 Å². The van der Waals surface area contributed by atoms with Crippen LogP contribution in [-0.4, -0.2) is 21.7 Å². The molecule has 12 heavy (non-hydrogen) atoms. The zero-order valence-electron chi connectivity index (χ0n) is 9.84.